The maximum Gasteiger partial charge on any atom is 0.404 e. The fourth-order valence-electron chi connectivity index (χ4n) is 1.45. The van der Waals surface area contributed by atoms with Crippen molar-refractivity contribution < 1.29 is 18.3 Å². The van der Waals surface area contributed by atoms with E-state index in [1.807, 2.05) is 0 Å². The van der Waals surface area contributed by atoms with E-state index in [1.54, 1.807) is 0 Å². The molecule has 1 aromatic carbocycles. The molecule has 0 bridgehead atoms. The second-order valence-corrected chi connectivity index (χ2v) is 4.36. The fraction of sp³-hybridized carbons (Fsp3) is 0.273. The van der Waals surface area contributed by atoms with E-state index in [9.17, 15) is 13.2 Å². The van der Waals surface area contributed by atoms with Crippen LogP contribution in [-0.2, 0) is 5.41 Å². The Morgan fingerprint density at radius 2 is 1.65 bits per heavy atom. The summed E-state index contributed by atoms with van der Waals surface area (Å²) < 4.78 is 39.0. The van der Waals surface area contributed by atoms with Gasteiger partial charge in [-0.05, 0) is 23.8 Å². The van der Waals surface area contributed by atoms with E-state index in [0.29, 0.717) is 6.08 Å². The quantitative estimate of drug-likeness (QED) is 0.833. The molecule has 0 saturated heterocycles. The van der Waals surface area contributed by atoms with Gasteiger partial charge in [0.2, 0.25) is 0 Å². The second kappa shape index (κ2) is 4.88. The zero-order valence-electron chi connectivity index (χ0n) is 8.56. The molecule has 1 atom stereocenters. The van der Waals surface area contributed by atoms with Gasteiger partial charge < -0.3 is 5.11 Å². The molecule has 0 fully saturated rings. The summed E-state index contributed by atoms with van der Waals surface area (Å²) >= 11 is 11.3. The summed E-state index contributed by atoms with van der Waals surface area (Å²) in [5, 5.41) is 9.20. The summed E-state index contributed by atoms with van der Waals surface area (Å²) in [6.45, 7) is 1.98. The Labute approximate surface area is 106 Å². The first kappa shape index (κ1) is 14.4. The minimum atomic E-state index is -4.68. The van der Waals surface area contributed by atoms with Gasteiger partial charge in [-0.3, -0.25) is 0 Å². The molecule has 0 heterocycles. The minimum Gasteiger partial charge on any atom is -0.395 e. The Kier molecular flexibility index (Phi) is 4.12. The lowest BCUT2D eigenvalue weighted by atomic mass is 9.80. The van der Waals surface area contributed by atoms with Crippen LogP contribution >= 0.6 is 23.2 Å². The Bertz CT molecular complexity index is 411. The molecule has 0 amide bonds. The number of benzene rings is 1. The standard InChI is InChI=1S/C11H9Cl2F3O/c1-2-10(6-17,11(14,15)16)7-3-8(12)5-9(13)4-7/h2-5,17H,1,6H2. The number of aliphatic hydroxyl groups is 1. The van der Waals surface area contributed by atoms with Crippen LogP contribution in [0.5, 0.6) is 0 Å². The molecular weight excluding hydrogens is 276 g/mol. The Hall–Kier alpha value is -0.710. The molecule has 0 spiro atoms. The average molecular weight is 285 g/mol. The topological polar surface area (TPSA) is 20.2 Å². The highest BCUT2D eigenvalue weighted by Crippen LogP contribution is 2.43. The van der Waals surface area contributed by atoms with E-state index >= 15 is 0 Å². The van der Waals surface area contributed by atoms with Crippen molar-refractivity contribution in [3.8, 4) is 0 Å². The third kappa shape index (κ3) is 2.59. The highest BCUT2D eigenvalue weighted by molar-refractivity contribution is 6.34. The molecular formula is C11H9Cl2F3O. The zero-order valence-corrected chi connectivity index (χ0v) is 10.1. The fourth-order valence-corrected chi connectivity index (χ4v) is 1.98. The molecule has 1 rings (SSSR count). The molecule has 1 nitrogen and oxygen atoms in total. The van der Waals surface area contributed by atoms with Crippen LogP contribution in [0.25, 0.3) is 0 Å². The third-order valence-electron chi connectivity index (χ3n) is 2.48. The molecule has 1 aromatic rings. The number of hydrogen-bond acceptors (Lipinski definition) is 1. The number of aliphatic hydroxyl groups excluding tert-OH is 1. The molecule has 0 aliphatic carbocycles. The van der Waals surface area contributed by atoms with Crippen LogP contribution in [0, 0.1) is 0 Å². The largest absolute Gasteiger partial charge is 0.404 e. The van der Waals surface area contributed by atoms with Gasteiger partial charge in [0.1, 0.15) is 5.41 Å². The first-order valence-corrected chi connectivity index (χ1v) is 5.30. The molecule has 0 radical (unpaired) electrons. The van der Waals surface area contributed by atoms with Crippen LogP contribution in [0.15, 0.2) is 30.9 Å². The van der Waals surface area contributed by atoms with Crippen LogP contribution in [0.3, 0.4) is 0 Å². The molecule has 1 unspecified atom stereocenters. The predicted molar refractivity (Wildman–Crippen MR) is 61.5 cm³/mol. The first-order valence-electron chi connectivity index (χ1n) is 4.54. The Morgan fingerprint density at radius 1 is 1.18 bits per heavy atom. The van der Waals surface area contributed by atoms with Gasteiger partial charge in [-0.1, -0.05) is 29.3 Å². The lowest BCUT2D eigenvalue weighted by molar-refractivity contribution is -0.185. The Balaban J connectivity index is 3.47. The number of hydrogen-bond donors (Lipinski definition) is 1. The van der Waals surface area contributed by atoms with Gasteiger partial charge >= 0.3 is 6.18 Å². The van der Waals surface area contributed by atoms with Gasteiger partial charge in [-0.2, -0.15) is 13.2 Å². The van der Waals surface area contributed by atoms with Gasteiger partial charge in [0.25, 0.3) is 0 Å². The number of alkyl halides is 3. The monoisotopic (exact) mass is 284 g/mol. The van der Waals surface area contributed by atoms with Crippen LogP contribution in [0.2, 0.25) is 10.0 Å². The van der Waals surface area contributed by atoms with Crippen molar-refractivity contribution in [3.05, 3.63) is 46.5 Å². The average Bonchev–Trinajstić information content (AvgIpc) is 2.16. The van der Waals surface area contributed by atoms with Gasteiger partial charge in [0, 0.05) is 10.0 Å². The van der Waals surface area contributed by atoms with E-state index in [-0.39, 0.29) is 15.6 Å². The molecule has 0 aliphatic heterocycles. The summed E-state index contributed by atoms with van der Waals surface area (Å²) in [4.78, 5) is 0. The number of halogens is 5. The van der Waals surface area contributed by atoms with Crippen molar-refractivity contribution >= 4 is 23.2 Å². The Morgan fingerprint density at radius 3 is 1.94 bits per heavy atom. The molecule has 17 heavy (non-hydrogen) atoms. The lowest BCUT2D eigenvalue weighted by Gasteiger charge is -2.31. The van der Waals surface area contributed by atoms with Gasteiger partial charge in [-0.15, -0.1) is 6.58 Å². The van der Waals surface area contributed by atoms with Crippen LogP contribution in [-0.4, -0.2) is 17.9 Å². The lowest BCUT2D eigenvalue weighted by Crippen LogP contribution is -2.43. The van der Waals surface area contributed by atoms with Crippen molar-refractivity contribution in [2.45, 2.75) is 11.6 Å². The van der Waals surface area contributed by atoms with E-state index < -0.39 is 18.2 Å². The van der Waals surface area contributed by atoms with Crippen molar-refractivity contribution in [1.29, 1.82) is 0 Å². The van der Waals surface area contributed by atoms with Crippen LogP contribution in [0.4, 0.5) is 13.2 Å². The van der Waals surface area contributed by atoms with Crippen LogP contribution in [0.1, 0.15) is 5.56 Å². The minimum absolute atomic E-state index is 0.0661. The van der Waals surface area contributed by atoms with Gasteiger partial charge in [0.05, 0.1) is 6.61 Å². The highest BCUT2D eigenvalue weighted by atomic mass is 35.5. The van der Waals surface area contributed by atoms with Crippen molar-refractivity contribution in [2.75, 3.05) is 6.61 Å². The highest BCUT2D eigenvalue weighted by Gasteiger charge is 2.53. The molecule has 0 saturated carbocycles. The molecule has 0 aromatic heterocycles. The van der Waals surface area contributed by atoms with Gasteiger partial charge in [0.15, 0.2) is 0 Å². The summed E-state index contributed by atoms with van der Waals surface area (Å²) in [6, 6.07) is 3.53. The maximum atomic E-state index is 13.0. The van der Waals surface area contributed by atoms with E-state index in [2.05, 4.69) is 6.58 Å². The maximum absolute atomic E-state index is 13.0. The van der Waals surface area contributed by atoms with Crippen molar-refractivity contribution in [3.63, 3.8) is 0 Å². The van der Waals surface area contributed by atoms with Crippen LogP contribution < -0.4 is 0 Å². The second-order valence-electron chi connectivity index (χ2n) is 3.49. The number of rotatable bonds is 3. The molecule has 1 N–H and O–H groups in total. The van der Waals surface area contributed by atoms with E-state index in [4.69, 9.17) is 28.3 Å². The molecule has 6 heteroatoms. The summed E-state index contributed by atoms with van der Waals surface area (Å²) in [6.07, 6.45) is -4.04. The first-order chi connectivity index (χ1) is 7.76. The SMILES string of the molecule is C=CC(CO)(c1cc(Cl)cc(Cl)c1)C(F)(F)F. The normalized spacial score (nSPS) is 15.4. The third-order valence-corrected chi connectivity index (χ3v) is 2.92. The van der Waals surface area contributed by atoms with Crippen molar-refractivity contribution in [1.82, 2.24) is 0 Å². The van der Waals surface area contributed by atoms with E-state index in [1.165, 1.54) is 6.07 Å². The zero-order chi connectivity index (χ0) is 13.3. The molecule has 0 aliphatic rings. The predicted octanol–water partition coefficient (Wildman–Crippen LogP) is 3.97. The molecule has 94 valence electrons. The summed E-state index contributed by atoms with van der Waals surface area (Å²) in [7, 11) is 0. The summed E-state index contributed by atoms with van der Waals surface area (Å²) in [5.41, 5.74) is -2.79. The smallest absolute Gasteiger partial charge is 0.395 e. The van der Waals surface area contributed by atoms with E-state index in [0.717, 1.165) is 12.1 Å². The van der Waals surface area contributed by atoms with Crippen molar-refractivity contribution in [2.24, 2.45) is 0 Å². The summed E-state index contributed by atoms with van der Waals surface area (Å²) in [5.74, 6) is 0. The van der Waals surface area contributed by atoms with Gasteiger partial charge in [-0.25, -0.2) is 0 Å².